The van der Waals surface area contributed by atoms with Crippen LogP contribution >= 0.6 is 0 Å². The molecule has 0 aliphatic heterocycles. The third-order valence-corrected chi connectivity index (χ3v) is 3.98. The van der Waals surface area contributed by atoms with Gasteiger partial charge in [0, 0.05) is 12.7 Å². The Kier molecular flexibility index (Phi) is 9.44. The van der Waals surface area contributed by atoms with Crippen molar-refractivity contribution in [1.29, 1.82) is 0 Å². The van der Waals surface area contributed by atoms with Crippen molar-refractivity contribution in [3.05, 3.63) is 17.5 Å². The Labute approximate surface area is 126 Å². The molecule has 0 N–H and O–H groups in total. The van der Waals surface area contributed by atoms with Crippen LogP contribution in [0.2, 0.25) is 0 Å². The molecular formula is C18H34N2. The lowest BCUT2D eigenvalue weighted by molar-refractivity contribution is 0.545. The fourth-order valence-electron chi connectivity index (χ4n) is 2.67. The number of unbranched alkanes of at least 4 members (excludes halogenated alkanes) is 6. The van der Waals surface area contributed by atoms with Crippen LogP contribution in [0.3, 0.4) is 0 Å². The van der Waals surface area contributed by atoms with Gasteiger partial charge >= 0.3 is 0 Å². The molecule has 0 fully saturated rings. The number of aromatic nitrogens is 2. The highest BCUT2D eigenvalue weighted by Crippen LogP contribution is 2.15. The maximum Gasteiger partial charge on any atom is 0.0656 e. The predicted molar refractivity (Wildman–Crippen MR) is 88.2 cm³/mol. The molecule has 0 unspecified atom stereocenters. The highest BCUT2D eigenvalue weighted by Gasteiger charge is 2.08. The summed E-state index contributed by atoms with van der Waals surface area (Å²) >= 11 is 0. The molecule has 2 nitrogen and oxygen atoms in total. The minimum Gasteiger partial charge on any atom is -0.272 e. The molecule has 116 valence electrons. The Bertz CT molecular complexity index is 314. The summed E-state index contributed by atoms with van der Waals surface area (Å²) in [5.74, 6) is 0. The van der Waals surface area contributed by atoms with Gasteiger partial charge in [-0.25, -0.2) is 0 Å². The molecular weight excluding hydrogens is 244 g/mol. The zero-order chi connectivity index (χ0) is 14.6. The van der Waals surface area contributed by atoms with Crippen molar-refractivity contribution in [2.75, 3.05) is 0 Å². The lowest BCUT2D eigenvalue weighted by atomic mass is 10.0. The largest absolute Gasteiger partial charge is 0.272 e. The Morgan fingerprint density at radius 1 is 0.800 bits per heavy atom. The fourth-order valence-corrected chi connectivity index (χ4v) is 2.67. The van der Waals surface area contributed by atoms with Crippen molar-refractivity contribution in [3.8, 4) is 0 Å². The highest BCUT2D eigenvalue weighted by atomic mass is 15.3. The van der Waals surface area contributed by atoms with Gasteiger partial charge in [-0.3, -0.25) is 4.68 Å². The van der Waals surface area contributed by atoms with Gasteiger partial charge in [-0.05, 0) is 37.7 Å². The third kappa shape index (κ3) is 6.58. The number of rotatable bonds is 12. The number of hydrogen-bond donors (Lipinski definition) is 0. The third-order valence-electron chi connectivity index (χ3n) is 3.98. The van der Waals surface area contributed by atoms with Crippen LogP contribution in [-0.4, -0.2) is 9.78 Å². The number of aryl methyl sites for hydroxylation is 3. The van der Waals surface area contributed by atoms with Crippen LogP contribution in [0.25, 0.3) is 0 Å². The minimum atomic E-state index is 1.10. The Morgan fingerprint density at radius 3 is 2.05 bits per heavy atom. The average Bonchev–Trinajstić information content (AvgIpc) is 2.82. The molecule has 0 aromatic carbocycles. The van der Waals surface area contributed by atoms with Crippen LogP contribution in [0.1, 0.15) is 89.8 Å². The summed E-state index contributed by atoms with van der Waals surface area (Å²) in [6, 6.07) is 0. The summed E-state index contributed by atoms with van der Waals surface area (Å²) in [6.45, 7) is 7.90. The molecule has 20 heavy (non-hydrogen) atoms. The van der Waals surface area contributed by atoms with Crippen molar-refractivity contribution < 1.29 is 0 Å². The normalized spacial score (nSPS) is 11.2. The van der Waals surface area contributed by atoms with Crippen LogP contribution < -0.4 is 0 Å². The predicted octanol–water partition coefficient (Wildman–Crippen LogP) is 5.54. The van der Waals surface area contributed by atoms with Crippen molar-refractivity contribution in [3.63, 3.8) is 0 Å². The summed E-state index contributed by atoms with van der Waals surface area (Å²) in [7, 11) is 0. The van der Waals surface area contributed by atoms with Gasteiger partial charge in [-0.15, -0.1) is 0 Å². The zero-order valence-electron chi connectivity index (χ0n) is 14.0. The van der Waals surface area contributed by atoms with E-state index in [2.05, 4.69) is 31.6 Å². The molecule has 0 spiro atoms. The van der Waals surface area contributed by atoms with Crippen LogP contribution in [0, 0.1) is 0 Å². The summed E-state index contributed by atoms with van der Waals surface area (Å²) in [5.41, 5.74) is 2.90. The lowest BCUT2D eigenvalue weighted by Crippen LogP contribution is -1.99. The van der Waals surface area contributed by atoms with Crippen molar-refractivity contribution in [1.82, 2.24) is 9.78 Å². The first-order valence-corrected chi connectivity index (χ1v) is 8.87. The first-order chi connectivity index (χ1) is 9.81. The molecule has 0 atom stereocenters. The van der Waals surface area contributed by atoms with E-state index in [9.17, 15) is 0 Å². The van der Waals surface area contributed by atoms with E-state index >= 15 is 0 Å². The van der Waals surface area contributed by atoms with E-state index in [1.165, 1.54) is 81.9 Å². The van der Waals surface area contributed by atoms with E-state index in [-0.39, 0.29) is 0 Å². The second-order valence-corrected chi connectivity index (χ2v) is 5.99. The van der Waals surface area contributed by atoms with Crippen LogP contribution in [0.4, 0.5) is 0 Å². The molecule has 0 amide bonds. The quantitative estimate of drug-likeness (QED) is 0.459. The van der Waals surface area contributed by atoms with Crippen molar-refractivity contribution >= 4 is 0 Å². The van der Waals surface area contributed by atoms with Gasteiger partial charge < -0.3 is 0 Å². The van der Waals surface area contributed by atoms with E-state index in [1.54, 1.807) is 0 Å². The second kappa shape index (κ2) is 10.9. The molecule has 2 heteroatoms. The molecule has 1 rings (SSSR count). The average molecular weight is 278 g/mol. The van der Waals surface area contributed by atoms with Crippen LogP contribution in [-0.2, 0) is 19.4 Å². The minimum absolute atomic E-state index is 1.10. The van der Waals surface area contributed by atoms with Crippen molar-refractivity contribution in [2.24, 2.45) is 0 Å². The van der Waals surface area contributed by atoms with Crippen molar-refractivity contribution in [2.45, 2.75) is 97.9 Å². The second-order valence-electron chi connectivity index (χ2n) is 5.99. The smallest absolute Gasteiger partial charge is 0.0656 e. The summed E-state index contributed by atoms with van der Waals surface area (Å²) < 4.78 is 2.21. The zero-order valence-corrected chi connectivity index (χ0v) is 14.0. The fraction of sp³-hybridized carbons (Fsp3) is 0.833. The van der Waals surface area contributed by atoms with Gasteiger partial charge in [-0.2, -0.15) is 5.10 Å². The highest BCUT2D eigenvalue weighted by molar-refractivity contribution is 5.17. The van der Waals surface area contributed by atoms with Crippen LogP contribution in [0.15, 0.2) is 6.20 Å². The van der Waals surface area contributed by atoms with Gasteiger partial charge in [0.15, 0.2) is 0 Å². The van der Waals surface area contributed by atoms with E-state index in [1.807, 2.05) is 0 Å². The molecule has 0 radical (unpaired) electrons. The van der Waals surface area contributed by atoms with Crippen LogP contribution in [0.5, 0.6) is 0 Å². The maximum absolute atomic E-state index is 4.85. The van der Waals surface area contributed by atoms with Gasteiger partial charge in [0.05, 0.1) is 5.69 Å². The molecule has 1 aromatic rings. The molecule has 1 heterocycles. The number of hydrogen-bond acceptors (Lipinski definition) is 1. The first-order valence-electron chi connectivity index (χ1n) is 8.87. The van der Waals surface area contributed by atoms with Gasteiger partial charge in [0.2, 0.25) is 0 Å². The Morgan fingerprint density at radius 2 is 1.40 bits per heavy atom. The van der Waals surface area contributed by atoms with E-state index in [0.717, 1.165) is 6.54 Å². The molecule has 0 aliphatic carbocycles. The topological polar surface area (TPSA) is 17.8 Å². The molecule has 0 saturated carbocycles. The van der Waals surface area contributed by atoms with Gasteiger partial charge in [-0.1, -0.05) is 59.3 Å². The monoisotopic (exact) mass is 278 g/mol. The Balaban J connectivity index is 2.55. The standard InChI is InChI=1S/C18H34N2/c1-4-7-10-13-17-16-20(15-12-9-6-3)19-18(17)14-11-8-5-2/h16H,4-15H2,1-3H3. The Hall–Kier alpha value is -0.790. The summed E-state index contributed by atoms with van der Waals surface area (Å²) in [4.78, 5) is 0. The lowest BCUT2D eigenvalue weighted by Gasteiger charge is -2.01. The molecule has 0 saturated heterocycles. The summed E-state index contributed by atoms with van der Waals surface area (Å²) in [6.07, 6.45) is 16.5. The SMILES string of the molecule is CCCCCc1cn(CCCCC)nc1CCCCC. The van der Waals surface area contributed by atoms with E-state index in [4.69, 9.17) is 5.10 Å². The molecule has 1 aromatic heterocycles. The van der Waals surface area contributed by atoms with Gasteiger partial charge in [0.1, 0.15) is 0 Å². The van der Waals surface area contributed by atoms with E-state index in [0.29, 0.717) is 0 Å². The van der Waals surface area contributed by atoms with E-state index < -0.39 is 0 Å². The summed E-state index contributed by atoms with van der Waals surface area (Å²) in [5, 5.41) is 4.85. The number of nitrogens with zero attached hydrogens (tertiary/aromatic N) is 2. The van der Waals surface area contributed by atoms with Gasteiger partial charge in [0.25, 0.3) is 0 Å². The molecule has 0 aliphatic rings. The molecule has 0 bridgehead atoms. The first kappa shape index (κ1) is 17.3. The maximum atomic E-state index is 4.85.